The fourth-order valence-corrected chi connectivity index (χ4v) is 1.75. The number of aliphatic hydroxyl groups is 1. The molecule has 0 fully saturated rings. The van der Waals surface area contributed by atoms with Gasteiger partial charge in [-0.25, -0.2) is 0 Å². The molecule has 0 saturated heterocycles. The number of nitrogens with one attached hydrogen (secondary N) is 1. The van der Waals surface area contributed by atoms with Crippen molar-refractivity contribution >= 4 is 17.7 Å². The predicted octanol–water partition coefficient (Wildman–Crippen LogP) is 0.593. The minimum Gasteiger partial charge on any atom is -0.508 e. The summed E-state index contributed by atoms with van der Waals surface area (Å²) >= 11 is 1.34. The Bertz CT molecular complexity index is 330. The van der Waals surface area contributed by atoms with E-state index in [1.807, 2.05) is 6.07 Å². The van der Waals surface area contributed by atoms with E-state index < -0.39 is 0 Å². The van der Waals surface area contributed by atoms with E-state index in [2.05, 4.69) is 5.32 Å². The van der Waals surface area contributed by atoms with E-state index >= 15 is 0 Å². The molecule has 3 N–H and O–H groups in total. The first kappa shape index (κ1) is 11.9. The van der Waals surface area contributed by atoms with E-state index in [4.69, 9.17) is 5.11 Å². The Morgan fingerprint density at radius 3 is 2.93 bits per heavy atom. The van der Waals surface area contributed by atoms with Crippen LogP contribution in [0.2, 0.25) is 0 Å². The molecule has 0 radical (unpaired) electrons. The number of aliphatic hydroxyl groups excluding tert-OH is 1. The molecule has 0 bridgehead atoms. The molecule has 0 atom stereocenters. The van der Waals surface area contributed by atoms with Gasteiger partial charge in [0.15, 0.2) is 0 Å². The van der Waals surface area contributed by atoms with Crippen LogP contribution in [0.1, 0.15) is 0 Å². The van der Waals surface area contributed by atoms with Crippen molar-refractivity contribution in [1.82, 2.24) is 5.32 Å². The molecule has 1 amide bonds. The zero-order chi connectivity index (χ0) is 11.1. The Balaban J connectivity index is 2.33. The van der Waals surface area contributed by atoms with Crippen molar-refractivity contribution in [3.05, 3.63) is 24.3 Å². The van der Waals surface area contributed by atoms with Crippen LogP contribution in [-0.2, 0) is 4.79 Å². The van der Waals surface area contributed by atoms with Crippen molar-refractivity contribution in [3.8, 4) is 5.75 Å². The molecule has 1 aromatic rings. The van der Waals surface area contributed by atoms with Crippen molar-refractivity contribution in [2.45, 2.75) is 4.90 Å². The Labute approximate surface area is 92.3 Å². The van der Waals surface area contributed by atoms with Gasteiger partial charge in [-0.3, -0.25) is 4.79 Å². The van der Waals surface area contributed by atoms with Gasteiger partial charge in [0.05, 0.1) is 12.4 Å². The lowest BCUT2D eigenvalue weighted by Crippen LogP contribution is -2.27. The highest BCUT2D eigenvalue weighted by molar-refractivity contribution is 8.00. The minimum absolute atomic E-state index is 0.0530. The van der Waals surface area contributed by atoms with Crippen molar-refractivity contribution in [2.75, 3.05) is 18.9 Å². The molecule has 0 aromatic heterocycles. The van der Waals surface area contributed by atoms with Crippen LogP contribution in [0.5, 0.6) is 5.75 Å². The maximum Gasteiger partial charge on any atom is 0.230 e. The summed E-state index contributed by atoms with van der Waals surface area (Å²) in [7, 11) is 0. The molecular weight excluding hydrogens is 214 g/mol. The number of carbonyl (C=O) groups excluding carboxylic acids is 1. The number of aromatic hydroxyl groups is 1. The smallest absolute Gasteiger partial charge is 0.230 e. The summed E-state index contributed by atoms with van der Waals surface area (Å²) in [5, 5.41) is 20.2. The predicted molar refractivity (Wildman–Crippen MR) is 58.9 cm³/mol. The summed E-state index contributed by atoms with van der Waals surface area (Å²) in [6.45, 7) is 0.224. The third kappa shape index (κ3) is 4.71. The van der Waals surface area contributed by atoms with Crippen LogP contribution in [0.4, 0.5) is 0 Å². The van der Waals surface area contributed by atoms with Crippen molar-refractivity contribution in [1.29, 1.82) is 0 Å². The molecule has 82 valence electrons. The lowest BCUT2D eigenvalue weighted by atomic mass is 10.3. The van der Waals surface area contributed by atoms with Gasteiger partial charge >= 0.3 is 0 Å². The third-order valence-corrected chi connectivity index (χ3v) is 2.62. The summed E-state index contributed by atoms with van der Waals surface area (Å²) in [5.41, 5.74) is 0. The molecule has 0 aliphatic carbocycles. The first-order valence-electron chi connectivity index (χ1n) is 4.52. The zero-order valence-electron chi connectivity index (χ0n) is 8.14. The van der Waals surface area contributed by atoms with Gasteiger partial charge in [0.25, 0.3) is 0 Å². The number of phenols is 1. The summed E-state index contributed by atoms with van der Waals surface area (Å²) in [5.74, 6) is 0.344. The van der Waals surface area contributed by atoms with E-state index in [1.54, 1.807) is 18.2 Å². The SMILES string of the molecule is O=C(CSc1cccc(O)c1)NCCO. The van der Waals surface area contributed by atoms with E-state index in [0.717, 1.165) is 4.90 Å². The molecule has 0 aliphatic heterocycles. The average molecular weight is 227 g/mol. The molecule has 0 spiro atoms. The maximum atomic E-state index is 11.2. The van der Waals surface area contributed by atoms with Gasteiger partial charge in [0.1, 0.15) is 5.75 Å². The van der Waals surface area contributed by atoms with Gasteiger partial charge in [-0.05, 0) is 18.2 Å². The Kier molecular flexibility index (Phi) is 5.00. The molecular formula is C10H13NO3S. The van der Waals surface area contributed by atoms with Gasteiger partial charge < -0.3 is 15.5 Å². The van der Waals surface area contributed by atoms with Gasteiger partial charge in [0.2, 0.25) is 5.91 Å². The second kappa shape index (κ2) is 6.31. The molecule has 0 unspecified atom stereocenters. The summed E-state index contributed by atoms with van der Waals surface area (Å²) < 4.78 is 0. The molecule has 0 saturated carbocycles. The standard InChI is InChI=1S/C10H13NO3S/c12-5-4-11-10(14)7-15-9-3-1-2-8(13)6-9/h1-3,6,12-13H,4-5,7H2,(H,11,14). The van der Waals surface area contributed by atoms with Crippen LogP contribution >= 0.6 is 11.8 Å². The maximum absolute atomic E-state index is 11.2. The van der Waals surface area contributed by atoms with E-state index in [-0.39, 0.29) is 30.6 Å². The fraction of sp³-hybridized carbons (Fsp3) is 0.300. The summed E-state index contributed by atoms with van der Waals surface area (Å²) in [6, 6.07) is 6.73. The lowest BCUT2D eigenvalue weighted by Gasteiger charge is -2.03. The van der Waals surface area contributed by atoms with Crippen LogP contribution in [0.3, 0.4) is 0 Å². The van der Waals surface area contributed by atoms with Crippen LogP contribution in [0.25, 0.3) is 0 Å². The molecule has 5 heteroatoms. The lowest BCUT2D eigenvalue weighted by molar-refractivity contribution is -0.118. The highest BCUT2D eigenvalue weighted by Crippen LogP contribution is 2.21. The van der Waals surface area contributed by atoms with E-state index in [1.165, 1.54) is 11.8 Å². The van der Waals surface area contributed by atoms with Crippen molar-refractivity contribution < 1.29 is 15.0 Å². The normalized spacial score (nSPS) is 9.93. The number of phenolic OH excluding ortho intramolecular Hbond substituents is 1. The number of thioether (sulfide) groups is 1. The number of benzene rings is 1. The Hall–Kier alpha value is -1.20. The summed E-state index contributed by atoms with van der Waals surface area (Å²) in [4.78, 5) is 12.0. The molecule has 0 heterocycles. The second-order valence-corrected chi connectivity index (χ2v) is 3.91. The average Bonchev–Trinajstić information content (AvgIpc) is 2.23. The van der Waals surface area contributed by atoms with Gasteiger partial charge in [-0.15, -0.1) is 11.8 Å². The van der Waals surface area contributed by atoms with Gasteiger partial charge in [0, 0.05) is 11.4 Å². The molecule has 15 heavy (non-hydrogen) atoms. The molecule has 1 rings (SSSR count). The van der Waals surface area contributed by atoms with Crippen LogP contribution in [0, 0.1) is 0 Å². The topological polar surface area (TPSA) is 69.6 Å². The molecule has 4 nitrogen and oxygen atoms in total. The van der Waals surface area contributed by atoms with Gasteiger partial charge in [-0.1, -0.05) is 6.07 Å². The fourth-order valence-electron chi connectivity index (χ4n) is 0.969. The quantitative estimate of drug-likeness (QED) is 0.644. The largest absolute Gasteiger partial charge is 0.508 e. The number of rotatable bonds is 5. The van der Waals surface area contributed by atoms with Crippen molar-refractivity contribution in [2.24, 2.45) is 0 Å². The highest BCUT2D eigenvalue weighted by atomic mass is 32.2. The van der Waals surface area contributed by atoms with Gasteiger partial charge in [-0.2, -0.15) is 0 Å². The first-order chi connectivity index (χ1) is 7.22. The first-order valence-corrected chi connectivity index (χ1v) is 5.50. The van der Waals surface area contributed by atoms with Crippen molar-refractivity contribution in [3.63, 3.8) is 0 Å². The van der Waals surface area contributed by atoms with Crippen LogP contribution in [-0.4, -0.2) is 35.0 Å². The number of hydrogen-bond donors (Lipinski definition) is 3. The van der Waals surface area contributed by atoms with E-state index in [9.17, 15) is 9.90 Å². The number of amides is 1. The Morgan fingerprint density at radius 1 is 1.47 bits per heavy atom. The van der Waals surface area contributed by atoms with E-state index in [0.29, 0.717) is 0 Å². The zero-order valence-corrected chi connectivity index (χ0v) is 8.96. The Morgan fingerprint density at radius 2 is 2.27 bits per heavy atom. The molecule has 1 aromatic carbocycles. The molecule has 0 aliphatic rings. The highest BCUT2D eigenvalue weighted by Gasteiger charge is 2.02. The number of carbonyl (C=O) groups is 1. The third-order valence-electron chi connectivity index (χ3n) is 1.62. The number of hydrogen-bond acceptors (Lipinski definition) is 4. The minimum atomic E-state index is -0.127. The summed E-state index contributed by atoms with van der Waals surface area (Å²) in [6.07, 6.45) is 0. The second-order valence-electron chi connectivity index (χ2n) is 2.86. The van der Waals surface area contributed by atoms with Crippen LogP contribution in [0.15, 0.2) is 29.2 Å². The van der Waals surface area contributed by atoms with Crippen LogP contribution < -0.4 is 5.32 Å². The monoisotopic (exact) mass is 227 g/mol.